The molecule has 0 aromatic heterocycles. The van der Waals surface area contributed by atoms with Gasteiger partial charge in [0.1, 0.15) is 0 Å². The summed E-state index contributed by atoms with van der Waals surface area (Å²) >= 11 is 0. The molecular formula is C14H28N2O. The Balaban J connectivity index is 2.16. The van der Waals surface area contributed by atoms with E-state index in [9.17, 15) is 4.79 Å². The minimum atomic E-state index is 0.155. The summed E-state index contributed by atoms with van der Waals surface area (Å²) in [6.07, 6.45) is 5.73. The van der Waals surface area contributed by atoms with Crippen LogP contribution in [0.2, 0.25) is 0 Å². The summed E-state index contributed by atoms with van der Waals surface area (Å²) in [4.78, 5) is 11.5. The lowest BCUT2D eigenvalue weighted by Crippen LogP contribution is -2.39. The minimum absolute atomic E-state index is 0.155. The number of hydrogen-bond acceptors (Lipinski definition) is 2. The normalized spacial score (nSPS) is 23.7. The molecule has 3 nitrogen and oxygen atoms in total. The van der Waals surface area contributed by atoms with Crippen LogP contribution in [-0.2, 0) is 4.79 Å². The lowest BCUT2D eigenvalue weighted by atomic mass is 9.75. The molecule has 1 amide bonds. The Bertz CT molecular complexity index is 249. The van der Waals surface area contributed by atoms with Gasteiger partial charge in [0, 0.05) is 25.0 Å². The molecule has 0 aliphatic heterocycles. The molecule has 1 atom stereocenters. The molecule has 3 heteroatoms. The molecule has 1 aliphatic carbocycles. The summed E-state index contributed by atoms with van der Waals surface area (Å²) < 4.78 is 0. The van der Waals surface area contributed by atoms with E-state index >= 15 is 0 Å². The lowest BCUT2D eigenvalue weighted by Gasteiger charge is -2.35. The van der Waals surface area contributed by atoms with Crippen LogP contribution in [0.25, 0.3) is 0 Å². The molecule has 100 valence electrons. The van der Waals surface area contributed by atoms with E-state index in [1.165, 1.54) is 25.7 Å². The zero-order chi connectivity index (χ0) is 12.9. The molecule has 2 N–H and O–H groups in total. The standard InChI is InChI=1S/C14H28N2O/c1-11(2)16-13(17)7-9-15-12-6-5-8-14(3,4)10-12/h11-12,15H,5-10H2,1-4H3,(H,16,17). The Kier molecular flexibility index (Phi) is 5.44. The summed E-state index contributed by atoms with van der Waals surface area (Å²) in [5.74, 6) is 0.155. The first-order valence-corrected chi connectivity index (χ1v) is 6.92. The van der Waals surface area contributed by atoms with Gasteiger partial charge in [0.25, 0.3) is 0 Å². The zero-order valence-electron chi connectivity index (χ0n) is 11.8. The van der Waals surface area contributed by atoms with E-state index in [2.05, 4.69) is 24.5 Å². The van der Waals surface area contributed by atoms with Crippen LogP contribution in [0, 0.1) is 5.41 Å². The Morgan fingerprint density at radius 3 is 2.71 bits per heavy atom. The molecule has 0 radical (unpaired) electrons. The van der Waals surface area contributed by atoms with E-state index in [1.807, 2.05) is 13.8 Å². The fourth-order valence-electron chi connectivity index (χ4n) is 2.66. The highest BCUT2D eigenvalue weighted by Gasteiger charge is 2.27. The second-order valence-electron chi connectivity index (χ2n) is 6.38. The third kappa shape index (κ3) is 6.06. The van der Waals surface area contributed by atoms with Gasteiger partial charge in [-0.2, -0.15) is 0 Å². The molecule has 1 saturated carbocycles. The molecule has 0 bridgehead atoms. The first kappa shape index (κ1) is 14.5. The van der Waals surface area contributed by atoms with Gasteiger partial charge >= 0.3 is 0 Å². The molecule has 1 aliphatic rings. The van der Waals surface area contributed by atoms with Crippen LogP contribution in [0.5, 0.6) is 0 Å². The average Bonchev–Trinajstić information content (AvgIpc) is 2.14. The predicted molar refractivity (Wildman–Crippen MR) is 71.9 cm³/mol. The highest BCUT2D eigenvalue weighted by atomic mass is 16.1. The summed E-state index contributed by atoms with van der Waals surface area (Å²) in [6.45, 7) is 9.47. The van der Waals surface area contributed by atoms with Gasteiger partial charge in [-0.3, -0.25) is 4.79 Å². The number of carbonyl (C=O) groups excluding carboxylic acids is 1. The van der Waals surface area contributed by atoms with Crippen LogP contribution >= 0.6 is 0 Å². The van der Waals surface area contributed by atoms with E-state index in [-0.39, 0.29) is 11.9 Å². The van der Waals surface area contributed by atoms with Crippen molar-refractivity contribution in [1.82, 2.24) is 10.6 Å². The first-order chi connectivity index (χ1) is 7.89. The van der Waals surface area contributed by atoms with Gasteiger partial charge in [-0.25, -0.2) is 0 Å². The molecule has 0 saturated heterocycles. The van der Waals surface area contributed by atoms with Crippen molar-refractivity contribution in [2.45, 2.75) is 71.9 Å². The number of rotatable bonds is 5. The summed E-state index contributed by atoms with van der Waals surface area (Å²) in [5, 5.41) is 6.44. The largest absolute Gasteiger partial charge is 0.354 e. The van der Waals surface area contributed by atoms with Crippen molar-refractivity contribution in [1.29, 1.82) is 0 Å². The van der Waals surface area contributed by atoms with Crippen molar-refractivity contribution in [3.05, 3.63) is 0 Å². The van der Waals surface area contributed by atoms with Gasteiger partial charge in [0.15, 0.2) is 0 Å². The maximum absolute atomic E-state index is 11.5. The van der Waals surface area contributed by atoms with Gasteiger partial charge in [-0.05, 0) is 38.5 Å². The van der Waals surface area contributed by atoms with Crippen molar-refractivity contribution in [3.8, 4) is 0 Å². The maximum atomic E-state index is 11.5. The Morgan fingerprint density at radius 1 is 1.41 bits per heavy atom. The van der Waals surface area contributed by atoms with Crippen molar-refractivity contribution < 1.29 is 4.79 Å². The zero-order valence-corrected chi connectivity index (χ0v) is 11.8. The Morgan fingerprint density at radius 2 is 2.12 bits per heavy atom. The number of hydrogen-bond donors (Lipinski definition) is 2. The molecule has 0 spiro atoms. The molecular weight excluding hydrogens is 212 g/mol. The van der Waals surface area contributed by atoms with Crippen LogP contribution in [0.15, 0.2) is 0 Å². The summed E-state index contributed by atoms with van der Waals surface area (Å²) in [5.41, 5.74) is 0.468. The monoisotopic (exact) mass is 240 g/mol. The van der Waals surface area contributed by atoms with Crippen molar-refractivity contribution in [2.75, 3.05) is 6.54 Å². The first-order valence-electron chi connectivity index (χ1n) is 6.92. The smallest absolute Gasteiger partial charge is 0.221 e. The van der Waals surface area contributed by atoms with E-state index < -0.39 is 0 Å². The lowest BCUT2D eigenvalue weighted by molar-refractivity contribution is -0.121. The average molecular weight is 240 g/mol. The van der Waals surface area contributed by atoms with Gasteiger partial charge in [-0.15, -0.1) is 0 Å². The van der Waals surface area contributed by atoms with Crippen LogP contribution < -0.4 is 10.6 Å². The third-order valence-electron chi connectivity index (χ3n) is 3.44. The van der Waals surface area contributed by atoms with Crippen LogP contribution in [0.1, 0.15) is 59.8 Å². The minimum Gasteiger partial charge on any atom is -0.354 e. The quantitative estimate of drug-likeness (QED) is 0.775. The Labute approximate surface area is 106 Å². The topological polar surface area (TPSA) is 41.1 Å². The highest BCUT2D eigenvalue weighted by molar-refractivity contribution is 5.76. The van der Waals surface area contributed by atoms with Crippen molar-refractivity contribution >= 4 is 5.91 Å². The molecule has 17 heavy (non-hydrogen) atoms. The molecule has 0 aromatic carbocycles. The van der Waals surface area contributed by atoms with Gasteiger partial charge in [-0.1, -0.05) is 20.3 Å². The van der Waals surface area contributed by atoms with E-state index in [4.69, 9.17) is 0 Å². The fourth-order valence-corrected chi connectivity index (χ4v) is 2.66. The number of carbonyl (C=O) groups is 1. The third-order valence-corrected chi connectivity index (χ3v) is 3.44. The van der Waals surface area contributed by atoms with Crippen LogP contribution in [-0.4, -0.2) is 24.5 Å². The van der Waals surface area contributed by atoms with E-state index in [0.717, 1.165) is 6.54 Å². The second-order valence-corrected chi connectivity index (χ2v) is 6.38. The summed E-state index contributed by atoms with van der Waals surface area (Å²) in [6, 6.07) is 0.849. The van der Waals surface area contributed by atoms with Gasteiger partial charge < -0.3 is 10.6 Å². The highest BCUT2D eigenvalue weighted by Crippen LogP contribution is 2.34. The molecule has 0 heterocycles. The van der Waals surface area contributed by atoms with Gasteiger partial charge in [0.05, 0.1) is 0 Å². The SMILES string of the molecule is CC(C)NC(=O)CCNC1CCCC(C)(C)C1. The second kappa shape index (κ2) is 6.39. The Hall–Kier alpha value is -0.570. The van der Waals surface area contributed by atoms with Crippen molar-refractivity contribution in [2.24, 2.45) is 5.41 Å². The molecule has 1 rings (SSSR count). The predicted octanol–water partition coefficient (Wildman–Crippen LogP) is 2.46. The van der Waals surface area contributed by atoms with Crippen molar-refractivity contribution in [3.63, 3.8) is 0 Å². The molecule has 1 fully saturated rings. The fraction of sp³-hybridized carbons (Fsp3) is 0.929. The maximum Gasteiger partial charge on any atom is 0.221 e. The molecule has 0 aromatic rings. The van der Waals surface area contributed by atoms with E-state index in [1.54, 1.807) is 0 Å². The van der Waals surface area contributed by atoms with Gasteiger partial charge in [0.2, 0.25) is 5.91 Å². The van der Waals surface area contributed by atoms with Crippen LogP contribution in [0.3, 0.4) is 0 Å². The molecule has 1 unspecified atom stereocenters. The van der Waals surface area contributed by atoms with E-state index in [0.29, 0.717) is 17.9 Å². The summed E-state index contributed by atoms with van der Waals surface area (Å²) in [7, 11) is 0. The van der Waals surface area contributed by atoms with Crippen LogP contribution in [0.4, 0.5) is 0 Å². The number of amides is 1. The number of nitrogens with one attached hydrogen (secondary N) is 2.